The van der Waals surface area contributed by atoms with Crippen LogP contribution in [0.15, 0.2) is 23.0 Å². The molecular formula is C19H24FN5O4. The van der Waals surface area contributed by atoms with Gasteiger partial charge in [-0.2, -0.15) is 5.10 Å². The fourth-order valence-corrected chi connectivity index (χ4v) is 3.77. The Bertz CT molecular complexity index is 891. The van der Waals surface area contributed by atoms with E-state index in [4.69, 9.17) is 9.26 Å². The molecule has 0 aromatic carbocycles. The van der Waals surface area contributed by atoms with Crippen LogP contribution in [0, 0.1) is 6.92 Å². The molecule has 2 aliphatic rings. The summed E-state index contributed by atoms with van der Waals surface area (Å²) in [5, 5.41) is 8.01. The van der Waals surface area contributed by atoms with Crippen molar-refractivity contribution in [2.24, 2.45) is 0 Å². The summed E-state index contributed by atoms with van der Waals surface area (Å²) < 4.78 is 27.6. The van der Waals surface area contributed by atoms with E-state index in [-0.39, 0.29) is 18.7 Å². The van der Waals surface area contributed by atoms with Gasteiger partial charge in [0.25, 0.3) is 11.8 Å². The van der Waals surface area contributed by atoms with Crippen molar-refractivity contribution in [3.8, 4) is 0 Å². The summed E-state index contributed by atoms with van der Waals surface area (Å²) in [6.07, 6.45) is 4.09. The van der Waals surface area contributed by atoms with Gasteiger partial charge in [-0.15, -0.1) is 0 Å². The third kappa shape index (κ3) is 4.16. The lowest BCUT2D eigenvalue weighted by atomic mass is 9.92. The Morgan fingerprint density at radius 3 is 2.76 bits per heavy atom. The predicted octanol–water partition coefficient (Wildman–Crippen LogP) is 1.03. The zero-order chi connectivity index (χ0) is 20.4. The number of aryl methyl sites for hydroxylation is 1. The van der Waals surface area contributed by atoms with Gasteiger partial charge in [-0.3, -0.25) is 14.3 Å². The molecule has 4 heterocycles. The molecule has 0 N–H and O–H groups in total. The summed E-state index contributed by atoms with van der Waals surface area (Å²) in [6.45, 7) is 3.93. The summed E-state index contributed by atoms with van der Waals surface area (Å²) >= 11 is 0. The molecule has 0 radical (unpaired) electrons. The monoisotopic (exact) mass is 405 g/mol. The predicted molar refractivity (Wildman–Crippen MR) is 98.9 cm³/mol. The normalized spacial score (nSPS) is 22.7. The number of hydrogen-bond acceptors (Lipinski definition) is 6. The standard InChI is InChI=1S/C19H24FN5O4/c1-14-10-21-25(11-14)12-15-9-16(22-29-15)17(26)24-4-2-3-19(20,13-24)18(27)23-5-7-28-8-6-23/h9-11H,2-8,12-13H2,1H3. The van der Waals surface area contributed by atoms with Crippen LogP contribution in [0.4, 0.5) is 4.39 Å². The number of rotatable bonds is 4. The van der Waals surface area contributed by atoms with Crippen molar-refractivity contribution in [2.45, 2.75) is 32.0 Å². The molecule has 2 aliphatic heterocycles. The van der Waals surface area contributed by atoms with Crippen molar-refractivity contribution in [1.29, 1.82) is 0 Å². The van der Waals surface area contributed by atoms with Crippen LogP contribution < -0.4 is 0 Å². The number of hydrogen-bond donors (Lipinski definition) is 0. The first-order valence-corrected chi connectivity index (χ1v) is 9.74. The SMILES string of the molecule is Cc1cnn(Cc2cc(C(=O)N3CCCC(F)(C(=O)N4CCOCC4)C3)no2)c1. The number of carbonyl (C=O) groups is 2. The lowest BCUT2D eigenvalue weighted by Gasteiger charge is -2.39. The molecule has 2 fully saturated rings. The van der Waals surface area contributed by atoms with Crippen molar-refractivity contribution in [1.82, 2.24) is 24.7 Å². The average Bonchev–Trinajstić information content (AvgIpc) is 3.36. The topological polar surface area (TPSA) is 93.7 Å². The van der Waals surface area contributed by atoms with E-state index in [0.717, 1.165) is 5.56 Å². The number of alkyl halides is 1. The molecule has 2 amide bonds. The number of nitrogens with zero attached hydrogens (tertiary/aromatic N) is 5. The van der Waals surface area contributed by atoms with Crippen LogP contribution in [-0.4, -0.2) is 81.6 Å². The van der Waals surface area contributed by atoms with Gasteiger partial charge in [-0.05, 0) is 25.3 Å². The van der Waals surface area contributed by atoms with E-state index in [0.29, 0.717) is 51.6 Å². The molecule has 4 rings (SSSR count). The minimum atomic E-state index is -2.08. The maximum Gasteiger partial charge on any atom is 0.276 e. The Labute approximate surface area is 167 Å². The summed E-state index contributed by atoms with van der Waals surface area (Å²) in [6, 6.07) is 1.54. The van der Waals surface area contributed by atoms with Gasteiger partial charge in [-0.1, -0.05) is 5.16 Å². The number of halogens is 1. The van der Waals surface area contributed by atoms with E-state index < -0.39 is 17.5 Å². The summed E-state index contributed by atoms with van der Waals surface area (Å²) in [5.74, 6) is -0.522. The summed E-state index contributed by atoms with van der Waals surface area (Å²) in [4.78, 5) is 28.4. The maximum atomic E-state index is 15.5. The van der Waals surface area contributed by atoms with Gasteiger partial charge < -0.3 is 19.1 Å². The third-order valence-corrected chi connectivity index (χ3v) is 5.27. The largest absolute Gasteiger partial charge is 0.378 e. The molecule has 156 valence electrons. The molecule has 0 saturated carbocycles. The fourth-order valence-electron chi connectivity index (χ4n) is 3.77. The number of likely N-dealkylation sites (tertiary alicyclic amines) is 1. The number of piperidine rings is 1. The first kappa shape index (κ1) is 19.6. The second kappa shape index (κ2) is 7.94. The van der Waals surface area contributed by atoms with E-state index in [9.17, 15) is 9.59 Å². The number of morpholine rings is 1. The highest BCUT2D eigenvalue weighted by Crippen LogP contribution is 2.29. The molecule has 1 unspecified atom stereocenters. The Morgan fingerprint density at radius 2 is 2.03 bits per heavy atom. The number of carbonyl (C=O) groups excluding carboxylic acids is 2. The Morgan fingerprint density at radius 1 is 1.24 bits per heavy atom. The van der Waals surface area contributed by atoms with Gasteiger partial charge in [0.05, 0.1) is 26.0 Å². The van der Waals surface area contributed by atoms with Crippen LogP contribution in [0.2, 0.25) is 0 Å². The Hall–Kier alpha value is -2.75. The third-order valence-electron chi connectivity index (χ3n) is 5.27. The highest BCUT2D eigenvalue weighted by atomic mass is 19.1. The van der Waals surface area contributed by atoms with E-state index >= 15 is 4.39 Å². The second-order valence-corrected chi connectivity index (χ2v) is 7.59. The van der Waals surface area contributed by atoms with Gasteiger partial charge in [-0.25, -0.2) is 4.39 Å². The Balaban J connectivity index is 1.42. The van der Waals surface area contributed by atoms with Crippen molar-refractivity contribution in [3.05, 3.63) is 35.5 Å². The van der Waals surface area contributed by atoms with Gasteiger partial charge in [0.1, 0.15) is 6.54 Å². The molecule has 1 atom stereocenters. The molecular weight excluding hydrogens is 381 g/mol. The highest BCUT2D eigenvalue weighted by Gasteiger charge is 2.46. The van der Waals surface area contributed by atoms with Crippen LogP contribution in [0.3, 0.4) is 0 Å². The van der Waals surface area contributed by atoms with E-state index in [1.54, 1.807) is 10.9 Å². The minimum Gasteiger partial charge on any atom is -0.378 e. The van der Waals surface area contributed by atoms with Gasteiger partial charge in [0.15, 0.2) is 11.5 Å². The average molecular weight is 405 g/mol. The minimum absolute atomic E-state index is 0.104. The van der Waals surface area contributed by atoms with Crippen molar-refractivity contribution < 1.29 is 23.2 Å². The smallest absolute Gasteiger partial charge is 0.276 e. The van der Waals surface area contributed by atoms with Gasteiger partial charge in [0.2, 0.25) is 5.67 Å². The molecule has 2 saturated heterocycles. The molecule has 0 aliphatic carbocycles. The molecule has 2 aromatic heterocycles. The zero-order valence-electron chi connectivity index (χ0n) is 16.3. The first-order chi connectivity index (χ1) is 13.9. The number of amides is 2. The van der Waals surface area contributed by atoms with Crippen molar-refractivity contribution in [3.63, 3.8) is 0 Å². The van der Waals surface area contributed by atoms with Crippen LogP contribution in [-0.2, 0) is 16.1 Å². The molecule has 10 heteroatoms. The van der Waals surface area contributed by atoms with Crippen LogP contribution in [0.5, 0.6) is 0 Å². The van der Waals surface area contributed by atoms with Crippen LogP contribution in [0.25, 0.3) is 0 Å². The van der Waals surface area contributed by atoms with Crippen LogP contribution in [0.1, 0.15) is 34.7 Å². The molecule has 0 bridgehead atoms. The molecule has 2 aromatic rings. The quantitative estimate of drug-likeness (QED) is 0.754. The molecule has 0 spiro atoms. The first-order valence-electron chi connectivity index (χ1n) is 9.74. The number of aromatic nitrogens is 3. The van der Waals surface area contributed by atoms with E-state index in [2.05, 4.69) is 10.3 Å². The van der Waals surface area contributed by atoms with Crippen molar-refractivity contribution >= 4 is 11.8 Å². The molecule has 9 nitrogen and oxygen atoms in total. The van der Waals surface area contributed by atoms with Crippen molar-refractivity contribution in [2.75, 3.05) is 39.4 Å². The maximum absolute atomic E-state index is 15.5. The van der Waals surface area contributed by atoms with E-state index in [1.807, 2.05) is 13.1 Å². The Kier molecular flexibility index (Phi) is 5.35. The van der Waals surface area contributed by atoms with Gasteiger partial charge in [0, 0.05) is 31.9 Å². The zero-order valence-corrected chi connectivity index (χ0v) is 16.3. The second-order valence-electron chi connectivity index (χ2n) is 7.59. The van der Waals surface area contributed by atoms with Gasteiger partial charge >= 0.3 is 0 Å². The lowest BCUT2D eigenvalue weighted by molar-refractivity contribution is -0.151. The van der Waals surface area contributed by atoms with E-state index in [1.165, 1.54) is 15.9 Å². The fraction of sp³-hybridized carbons (Fsp3) is 0.579. The van der Waals surface area contributed by atoms with Crippen LogP contribution >= 0.6 is 0 Å². The summed E-state index contributed by atoms with van der Waals surface area (Å²) in [5.41, 5.74) is -0.963. The lowest BCUT2D eigenvalue weighted by Crippen LogP contribution is -2.58. The highest BCUT2D eigenvalue weighted by molar-refractivity contribution is 5.93. The number of ether oxygens (including phenoxy) is 1. The summed E-state index contributed by atoms with van der Waals surface area (Å²) in [7, 11) is 0. The molecule has 29 heavy (non-hydrogen) atoms.